The molecule has 0 spiro atoms. The lowest BCUT2D eigenvalue weighted by Gasteiger charge is -2.28. The van der Waals surface area contributed by atoms with Crippen LogP contribution < -0.4 is 15.2 Å². The summed E-state index contributed by atoms with van der Waals surface area (Å²) in [4.78, 5) is 0. The second-order valence-electron chi connectivity index (χ2n) is 4.93. The Morgan fingerprint density at radius 3 is 2.10 bits per heavy atom. The topological polar surface area (TPSA) is 44.5 Å². The molecule has 0 aliphatic carbocycles. The van der Waals surface area contributed by atoms with Crippen LogP contribution in [0.15, 0.2) is 40.9 Å². The molecule has 0 aliphatic heterocycles. The Balaban J connectivity index is 2.57. The molecule has 0 saturated carbocycles. The van der Waals surface area contributed by atoms with Gasteiger partial charge in [0, 0.05) is 15.6 Å². The van der Waals surface area contributed by atoms with Crippen molar-refractivity contribution in [3.8, 4) is 11.5 Å². The lowest BCUT2D eigenvalue weighted by atomic mass is 9.85. The van der Waals surface area contributed by atoms with E-state index in [1.807, 2.05) is 43.3 Å². The molecule has 2 N–H and O–H groups in total. The van der Waals surface area contributed by atoms with Gasteiger partial charge in [-0.05, 0) is 42.3 Å². The van der Waals surface area contributed by atoms with Crippen molar-refractivity contribution in [1.29, 1.82) is 0 Å². The molecule has 0 aromatic heterocycles. The fraction of sp³-hybridized carbons (Fsp3) is 0.250. The average molecular weight is 371 g/mol. The van der Waals surface area contributed by atoms with Crippen LogP contribution in [-0.4, -0.2) is 14.2 Å². The number of hydrogen-bond donors (Lipinski definition) is 1. The van der Waals surface area contributed by atoms with Gasteiger partial charge in [0.1, 0.15) is 11.5 Å². The fourth-order valence-corrected chi connectivity index (χ4v) is 3.04. The van der Waals surface area contributed by atoms with Crippen molar-refractivity contribution in [2.24, 2.45) is 5.73 Å². The van der Waals surface area contributed by atoms with Crippen molar-refractivity contribution in [2.45, 2.75) is 12.5 Å². The molecule has 112 valence electrons. The molecule has 3 nitrogen and oxygen atoms in total. The van der Waals surface area contributed by atoms with Crippen molar-refractivity contribution >= 4 is 27.5 Å². The molecular formula is C16H17BrClNO2. The van der Waals surface area contributed by atoms with Gasteiger partial charge in [-0.3, -0.25) is 0 Å². The average Bonchev–Trinajstić information content (AvgIpc) is 2.46. The number of nitrogens with two attached hydrogens (primary N) is 1. The third-order valence-electron chi connectivity index (χ3n) is 3.44. The van der Waals surface area contributed by atoms with E-state index >= 15 is 0 Å². The Labute approximate surface area is 138 Å². The second-order valence-corrected chi connectivity index (χ2v) is 6.25. The summed E-state index contributed by atoms with van der Waals surface area (Å²) < 4.78 is 11.5. The maximum absolute atomic E-state index is 6.55. The van der Waals surface area contributed by atoms with E-state index in [-0.39, 0.29) is 0 Å². The van der Waals surface area contributed by atoms with Crippen LogP contribution in [-0.2, 0) is 5.54 Å². The molecule has 0 fully saturated rings. The van der Waals surface area contributed by atoms with Gasteiger partial charge in [0.25, 0.3) is 0 Å². The predicted molar refractivity (Wildman–Crippen MR) is 89.3 cm³/mol. The summed E-state index contributed by atoms with van der Waals surface area (Å²) in [7, 11) is 3.22. The highest BCUT2D eigenvalue weighted by Crippen LogP contribution is 2.36. The largest absolute Gasteiger partial charge is 0.497 e. The highest BCUT2D eigenvalue weighted by molar-refractivity contribution is 9.10. The zero-order valence-electron chi connectivity index (χ0n) is 12.1. The quantitative estimate of drug-likeness (QED) is 0.870. The summed E-state index contributed by atoms with van der Waals surface area (Å²) >= 11 is 9.74. The van der Waals surface area contributed by atoms with Gasteiger partial charge in [-0.1, -0.05) is 33.6 Å². The van der Waals surface area contributed by atoms with Gasteiger partial charge < -0.3 is 15.2 Å². The van der Waals surface area contributed by atoms with Crippen molar-refractivity contribution in [3.05, 3.63) is 57.0 Å². The first-order valence-corrected chi connectivity index (χ1v) is 7.53. The second kappa shape index (κ2) is 6.26. The van der Waals surface area contributed by atoms with Gasteiger partial charge in [0.15, 0.2) is 0 Å². The molecule has 0 bridgehead atoms. The van der Waals surface area contributed by atoms with Crippen LogP contribution in [0.1, 0.15) is 18.1 Å². The molecular weight excluding hydrogens is 354 g/mol. The van der Waals surface area contributed by atoms with E-state index in [0.29, 0.717) is 16.5 Å². The third-order valence-corrected chi connectivity index (χ3v) is 4.25. The number of ether oxygens (including phenoxy) is 2. The van der Waals surface area contributed by atoms with Crippen LogP contribution in [0.4, 0.5) is 0 Å². The van der Waals surface area contributed by atoms with Crippen LogP contribution in [0, 0.1) is 0 Å². The zero-order chi connectivity index (χ0) is 15.6. The van der Waals surface area contributed by atoms with E-state index in [4.69, 9.17) is 26.8 Å². The summed E-state index contributed by atoms with van der Waals surface area (Å²) in [6.45, 7) is 1.91. The third kappa shape index (κ3) is 3.34. The van der Waals surface area contributed by atoms with E-state index in [1.165, 1.54) is 0 Å². The molecule has 1 atom stereocenters. The molecule has 0 heterocycles. The summed E-state index contributed by atoms with van der Waals surface area (Å²) in [6, 6.07) is 11.3. The van der Waals surface area contributed by atoms with Crippen LogP contribution >= 0.6 is 27.5 Å². The highest BCUT2D eigenvalue weighted by Gasteiger charge is 2.27. The van der Waals surface area contributed by atoms with Crippen LogP contribution in [0.2, 0.25) is 5.02 Å². The first-order valence-electron chi connectivity index (χ1n) is 6.36. The molecule has 0 aliphatic rings. The monoisotopic (exact) mass is 369 g/mol. The standard InChI is InChI=1S/C16H17BrClNO2/c1-16(19,14-5-4-11(17)8-15(14)18)10-6-12(20-2)9-13(7-10)21-3/h4-9H,19H2,1-3H3. The minimum Gasteiger partial charge on any atom is -0.497 e. The van der Waals surface area contributed by atoms with Gasteiger partial charge >= 0.3 is 0 Å². The molecule has 21 heavy (non-hydrogen) atoms. The Morgan fingerprint density at radius 2 is 1.62 bits per heavy atom. The zero-order valence-corrected chi connectivity index (χ0v) is 14.5. The summed E-state index contributed by atoms with van der Waals surface area (Å²) in [5.74, 6) is 1.38. The number of benzene rings is 2. The van der Waals surface area contributed by atoms with Crippen LogP contribution in [0.25, 0.3) is 0 Å². The smallest absolute Gasteiger partial charge is 0.122 e. The SMILES string of the molecule is COc1cc(OC)cc(C(C)(N)c2ccc(Br)cc2Cl)c1. The predicted octanol–water partition coefficient (Wildman–Crippen LogP) is 4.34. The maximum atomic E-state index is 6.55. The van der Waals surface area contributed by atoms with Gasteiger partial charge in [-0.2, -0.15) is 0 Å². The highest BCUT2D eigenvalue weighted by atomic mass is 79.9. The Morgan fingerprint density at radius 1 is 1.05 bits per heavy atom. The lowest BCUT2D eigenvalue weighted by Crippen LogP contribution is -2.34. The first-order chi connectivity index (χ1) is 9.88. The van der Waals surface area contributed by atoms with Crippen LogP contribution in [0.3, 0.4) is 0 Å². The molecule has 5 heteroatoms. The minimum atomic E-state index is -0.764. The van der Waals surface area contributed by atoms with E-state index in [2.05, 4.69) is 15.9 Å². The van der Waals surface area contributed by atoms with Crippen LogP contribution in [0.5, 0.6) is 11.5 Å². The maximum Gasteiger partial charge on any atom is 0.122 e. The van der Waals surface area contributed by atoms with Gasteiger partial charge in [0.05, 0.1) is 19.8 Å². The number of halogens is 2. The lowest BCUT2D eigenvalue weighted by molar-refractivity contribution is 0.391. The number of rotatable bonds is 4. The van der Waals surface area contributed by atoms with E-state index < -0.39 is 5.54 Å². The van der Waals surface area contributed by atoms with E-state index in [1.54, 1.807) is 14.2 Å². The molecule has 0 radical (unpaired) electrons. The summed E-state index contributed by atoms with van der Waals surface area (Å²) in [5.41, 5.74) is 7.48. The minimum absolute atomic E-state index is 0.608. The summed E-state index contributed by atoms with van der Waals surface area (Å²) in [5, 5.41) is 0.608. The van der Waals surface area contributed by atoms with Gasteiger partial charge in [-0.25, -0.2) is 0 Å². The molecule has 0 saturated heterocycles. The van der Waals surface area contributed by atoms with E-state index in [0.717, 1.165) is 15.6 Å². The Bertz CT molecular complexity index is 636. The Kier molecular flexibility index (Phi) is 4.81. The van der Waals surface area contributed by atoms with E-state index in [9.17, 15) is 0 Å². The first kappa shape index (κ1) is 16.1. The molecule has 2 rings (SSSR count). The fourth-order valence-electron chi connectivity index (χ4n) is 2.17. The molecule has 0 amide bonds. The van der Waals surface area contributed by atoms with Crippen molar-refractivity contribution in [1.82, 2.24) is 0 Å². The molecule has 2 aromatic carbocycles. The van der Waals surface area contributed by atoms with Crippen molar-refractivity contribution in [2.75, 3.05) is 14.2 Å². The van der Waals surface area contributed by atoms with Crippen molar-refractivity contribution < 1.29 is 9.47 Å². The van der Waals surface area contributed by atoms with Crippen molar-refractivity contribution in [3.63, 3.8) is 0 Å². The number of hydrogen-bond acceptors (Lipinski definition) is 3. The number of methoxy groups -OCH3 is 2. The summed E-state index contributed by atoms with van der Waals surface area (Å²) in [6.07, 6.45) is 0. The van der Waals surface area contributed by atoms with Gasteiger partial charge in [-0.15, -0.1) is 0 Å². The Hall–Kier alpha value is -1.23. The normalized spacial score (nSPS) is 13.6. The van der Waals surface area contributed by atoms with Gasteiger partial charge in [0.2, 0.25) is 0 Å². The molecule has 1 unspecified atom stereocenters. The molecule has 2 aromatic rings.